The summed E-state index contributed by atoms with van der Waals surface area (Å²) < 4.78 is 6.05. The summed E-state index contributed by atoms with van der Waals surface area (Å²) in [5.41, 5.74) is 0.425. The Balaban J connectivity index is 2.19. The molecule has 0 saturated heterocycles. The molecule has 1 unspecified atom stereocenters. The Morgan fingerprint density at radius 3 is 2.79 bits per heavy atom. The van der Waals surface area contributed by atoms with Crippen molar-refractivity contribution < 1.29 is 18.9 Å². The minimum absolute atomic E-state index is 0.103. The fourth-order valence-corrected chi connectivity index (χ4v) is 2.92. The normalized spacial score (nSPS) is 12.0. The lowest BCUT2D eigenvalue weighted by Crippen LogP contribution is -2.35. The first-order valence-corrected chi connectivity index (χ1v) is 8.01. The number of anilines is 1. The average Bonchev–Trinajstić information content (AvgIpc) is 2.85. The van der Waals surface area contributed by atoms with Crippen LogP contribution in [0.2, 0.25) is 0 Å². The van der Waals surface area contributed by atoms with E-state index < -0.39 is 15.8 Å². The minimum Gasteiger partial charge on any atom is -0.325 e. The van der Waals surface area contributed by atoms with E-state index in [1.54, 1.807) is 20.0 Å². The number of non-ortho nitro benzene ring substituents is 1. The Hall–Kier alpha value is -2.62. The molecule has 1 aromatic carbocycles. The van der Waals surface area contributed by atoms with Crippen molar-refractivity contribution in [2.45, 2.75) is 30.5 Å². The molecule has 0 aliphatic rings. The van der Waals surface area contributed by atoms with Crippen LogP contribution in [0.4, 0.5) is 11.4 Å². The lowest BCUT2D eigenvalue weighted by molar-refractivity contribution is -0.772. The fourth-order valence-electron chi connectivity index (χ4n) is 1.99. The van der Waals surface area contributed by atoms with Crippen LogP contribution in [0.1, 0.15) is 18.9 Å². The minimum atomic E-state index is -0.555. The molecule has 1 aromatic heterocycles. The van der Waals surface area contributed by atoms with E-state index in [0.29, 0.717) is 17.7 Å². The second kappa shape index (κ2) is 7.30. The third-order valence-electron chi connectivity index (χ3n) is 3.36. The van der Waals surface area contributed by atoms with E-state index >= 15 is 0 Å². The molecular formula is C14H17N4O5S+. The van der Waals surface area contributed by atoms with Crippen LogP contribution >= 0.6 is 11.8 Å². The van der Waals surface area contributed by atoms with Gasteiger partial charge >= 0.3 is 10.7 Å². The molecular weight excluding hydrogens is 336 g/mol. The number of amides is 1. The summed E-state index contributed by atoms with van der Waals surface area (Å²) in [6.07, 6.45) is 0.467. The highest BCUT2D eigenvalue weighted by molar-refractivity contribution is 8.00. The van der Waals surface area contributed by atoms with Crippen molar-refractivity contribution in [3.8, 4) is 0 Å². The number of hydrogen-bond acceptors (Lipinski definition) is 6. The topological polar surface area (TPSA) is 122 Å². The van der Waals surface area contributed by atoms with Gasteiger partial charge in [0.2, 0.25) is 5.91 Å². The highest BCUT2D eigenvalue weighted by Gasteiger charge is 2.27. The van der Waals surface area contributed by atoms with Gasteiger partial charge in [0.25, 0.3) is 5.69 Å². The number of nitrogens with zero attached hydrogens (tertiary/aromatic N) is 2. The number of carbonyl (C=O) groups excluding carboxylic acids is 1. The number of H-pyrrole nitrogens is 1. The zero-order valence-corrected chi connectivity index (χ0v) is 14.2. The van der Waals surface area contributed by atoms with E-state index in [9.17, 15) is 19.7 Å². The monoisotopic (exact) mass is 353 g/mol. The molecule has 2 aromatic rings. The van der Waals surface area contributed by atoms with Gasteiger partial charge in [0.05, 0.1) is 15.9 Å². The van der Waals surface area contributed by atoms with Crippen molar-refractivity contribution >= 4 is 29.0 Å². The number of rotatable bonds is 6. The lowest BCUT2D eigenvalue weighted by atomic mass is 10.1. The van der Waals surface area contributed by atoms with Gasteiger partial charge in [0.1, 0.15) is 0 Å². The van der Waals surface area contributed by atoms with Crippen molar-refractivity contribution in [2.75, 3.05) is 5.32 Å². The van der Waals surface area contributed by atoms with Crippen molar-refractivity contribution in [3.05, 3.63) is 44.3 Å². The van der Waals surface area contributed by atoms with E-state index in [-0.39, 0.29) is 16.6 Å². The number of aromatic amines is 1. The summed E-state index contributed by atoms with van der Waals surface area (Å²) in [7, 11) is 1.60. The summed E-state index contributed by atoms with van der Waals surface area (Å²) in [6, 6.07) is 4.26. The van der Waals surface area contributed by atoms with Crippen molar-refractivity contribution in [1.29, 1.82) is 0 Å². The molecule has 0 aliphatic carbocycles. The second-order valence-corrected chi connectivity index (χ2v) is 6.30. The van der Waals surface area contributed by atoms with Gasteiger partial charge in [-0.05, 0) is 35.9 Å². The van der Waals surface area contributed by atoms with Gasteiger partial charge in [-0.3, -0.25) is 19.4 Å². The quantitative estimate of drug-likeness (QED) is 0.351. The smallest absolute Gasteiger partial charge is 0.325 e. The lowest BCUT2D eigenvalue weighted by Gasteiger charge is -2.13. The van der Waals surface area contributed by atoms with Crippen molar-refractivity contribution in [1.82, 2.24) is 5.27 Å². The summed E-state index contributed by atoms with van der Waals surface area (Å²) in [6.45, 7) is 3.56. The Morgan fingerprint density at radius 2 is 2.25 bits per heavy atom. The number of aryl methyl sites for hydroxylation is 2. The molecule has 0 spiro atoms. The van der Waals surface area contributed by atoms with E-state index in [4.69, 9.17) is 0 Å². The Labute approximate surface area is 141 Å². The van der Waals surface area contributed by atoms with Gasteiger partial charge in [0, 0.05) is 12.1 Å². The van der Waals surface area contributed by atoms with Gasteiger partial charge in [-0.25, -0.2) is 4.79 Å². The van der Waals surface area contributed by atoms with E-state index in [2.05, 4.69) is 15.1 Å². The maximum absolute atomic E-state index is 12.5. The molecule has 0 bridgehead atoms. The number of nitro benzene ring substituents is 1. The first kappa shape index (κ1) is 17.7. The van der Waals surface area contributed by atoms with E-state index in [1.807, 2.05) is 6.92 Å². The third kappa shape index (κ3) is 3.82. The summed E-state index contributed by atoms with van der Waals surface area (Å²) in [4.78, 5) is 34.4. The molecule has 0 fully saturated rings. The standard InChI is InChI=1S/C14H16N4O5S/c1-4-11(24-13-14(20)23-16-17(13)3)12(19)15-10-7-9(18(21)22)6-5-8(10)2/h5-7,11H,4H2,1-3H3,(H-,15,16,19,20)/p+1. The Bertz CT molecular complexity index is 829. The molecule has 1 amide bonds. The zero-order chi connectivity index (χ0) is 17.9. The molecule has 0 saturated carbocycles. The molecule has 1 heterocycles. The molecule has 1 atom stereocenters. The molecule has 128 valence electrons. The molecule has 10 heteroatoms. The van der Waals surface area contributed by atoms with Gasteiger partial charge < -0.3 is 5.32 Å². The van der Waals surface area contributed by atoms with Crippen LogP contribution in [0.25, 0.3) is 0 Å². The number of hydrogen-bond donors (Lipinski definition) is 2. The number of nitro groups is 1. The first-order chi connectivity index (χ1) is 11.3. The van der Waals surface area contributed by atoms with Gasteiger partial charge in [-0.2, -0.15) is 0 Å². The molecule has 2 N–H and O–H groups in total. The zero-order valence-electron chi connectivity index (χ0n) is 13.4. The van der Waals surface area contributed by atoms with Crippen molar-refractivity contribution in [3.63, 3.8) is 0 Å². The van der Waals surface area contributed by atoms with Crippen molar-refractivity contribution in [2.24, 2.45) is 7.05 Å². The number of thioether (sulfide) groups is 1. The van der Waals surface area contributed by atoms with Crippen LogP contribution in [-0.2, 0) is 11.8 Å². The SMILES string of the molecule is CCC(Sc1c(=O)o[nH][n+]1C)C(=O)Nc1cc([N+](=O)[O-])ccc1C. The van der Waals surface area contributed by atoms with Gasteiger partial charge in [0.15, 0.2) is 7.05 Å². The molecule has 9 nitrogen and oxygen atoms in total. The highest BCUT2D eigenvalue weighted by atomic mass is 32.2. The van der Waals surface area contributed by atoms with Crippen LogP contribution in [-0.4, -0.2) is 21.4 Å². The number of benzene rings is 1. The molecule has 24 heavy (non-hydrogen) atoms. The maximum Gasteiger partial charge on any atom is 0.441 e. The van der Waals surface area contributed by atoms with Crippen LogP contribution in [0.3, 0.4) is 0 Å². The second-order valence-electron chi connectivity index (χ2n) is 5.11. The van der Waals surface area contributed by atoms with Crippen LogP contribution < -0.4 is 15.6 Å². The third-order valence-corrected chi connectivity index (χ3v) is 4.86. The molecule has 0 radical (unpaired) electrons. The summed E-state index contributed by atoms with van der Waals surface area (Å²) >= 11 is 1.07. The van der Waals surface area contributed by atoms with E-state index in [0.717, 1.165) is 11.8 Å². The molecule has 2 rings (SSSR count). The Morgan fingerprint density at radius 1 is 1.54 bits per heavy atom. The first-order valence-electron chi connectivity index (χ1n) is 7.13. The summed E-state index contributed by atoms with van der Waals surface area (Å²) in [5.74, 6) is -0.341. The van der Waals surface area contributed by atoms with E-state index in [1.165, 1.54) is 16.8 Å². The fraction of sp³-hybridized carbons (Fsp3) is 0.357. The molecule has 0 aliphatic heterocycles. The number of carbonyl (C=O) groups is 1. The summed E-state index contributed by atoms with van der Waals surface area (Å²) in [5, 5.41) is 15.7. The van der Waals surface area contributed by atoms with Gasteiger partial charge in [-0.1, -0.05) is 17.7 Å². The average molecular weight is 353 g/mol. The van der Waals surface area contributed by atoms with Crippen LogP contribution in [0.15, 0.2) is 32.5 Å². The predicted octanol–water partition coefficient (Wildman–Crippen LogP) is 1.52. The van der Waals surface area contributed by atoms with Crippen LogP contribution in [0, 0.1) is 17.0 Å². The highest BCUT2D eigenvalue weighted by Crippen LogP contribution is 2.25. The largest absolute Gasteiger partial charge is 0.441 e. The maximum atomic E-state index is 12.5. The predicted molar refractivity (Wildman–Crippen MR) is 86.9 cm³/mol. The number of aromatic nitrogens is 2. The van der Waals surface area contributed by atoms with Gasteiger partial charge in [-0.15, -0.1) is 0 Å². The Kier molecular flexibility index (Phi) is 5.39. The number of nitrogens with one attached hydrogen (secondary N) is 2. The van der Waals surface area contributed by atoms with Crippen LogP contribution in [0.5, 0.6) is 0 Å².